The molecule has 0 bridgehead atoms. The molecule has 0 heterocycles. The second-order valence-corrected chi connectivity index (χ2v) is 5.45. The summed E-state index contributed by atoms with van der Waals surface area (Å²) in [6.07, 6.45) is 6.13. The predicted octanol–water partition coefficient (Wildman–Crippen LogP) is 2.20. The molecule has 20 heavy (non-hydrogen) atoms. The highest BCUT2D eigenvalue weighted by atomic mass is 16.5. The highest BCUT2D eigenvalue weighted by molar-refractivity contribution is 5.84. The Balaban J connectivity index is 2.19. The molecule has 1 amide bonds. The molecule has 0 unspecified atom stereocenters. The number of hydrogen-bond acceptors (Lipinski definition) is 3. The van der Waals surface area contributed by atoms with Gasteiger partial charge in [0.1, 0.15) is 0 Å². The van der Waals surface area contributed by atoms with E-state index in [2.05, 4.69) is 12.2 Å². The summed E-state index contributed by atoms with van der Waals surface area (Å²) in [5, 5.41) is 12.0. The van der Waals surface area contributed by atoms with Gasteiger partial charge in [-0.05, 0) is 25.7 Å². The lowest BCUT2D eigenvalue weighted by atomic mass is 9.79. The van der Waals surface area contributed by atoms with Gasteiger partial charge < -0.3 is 15.2 Å². The van der Waals surface area contributed by atoms with Crippen molar-refractivity contribution in [2.45, 2.75) is 51.9 Å². The summed E-state index contributed by atoms with van der Waals surface area (Å²) in [5.74, 6) is -1.81. The van der Waals surface area contributed by atoms with Gasteiger partial charge in [-0.2, -0.15) is 0 Å². The number of rotatable bonds is 9. The number of carbonyl (C=O) groups excluding carboxylic acids is 1. The first-order valence-corrected chi connectivity index (χ1v) is 7.75. The van der Waals surface area contributed by atoms with Crippen LogP contribution in [-0.4, -0.2) is 36.7 Å². The summed E-state index contributed by atoms with van der Waals surface area (Å²) in [7, 11) is 0. The fourth-order valence-electron chi connectivity index (χ4n) is 2.61. The molecule has 1 saturated carbocycles. The van der Waals surface area contributed by atoms with Crippen molar-refractivity contribution < 1.29 is 19.4 Å². The van der Waals surface area contributed by atoms with E-state index in [1.807, 2.05) is 0 Å². The smallest absolute Gasteiger partial charge is 0.307 e. The first kappa shape index (κ1) is 17.0. The standard InChI is InChI=1S/C15H27NO4/c1-2-3-10-20-11-6-9-16-14(17)12-7-4-5-8-13(12)15(18)19/h12-13H,2-11H2,1H3,(H,16,17)(H,18,19)/t12-,13-/m0/s1. The summed E-state index contributed by atoms with van der Waals surface area (Å²) < 4.78 is 5.42. The first-order valence-electron chi connectivity index (χ1n) is 7.75. The van der Waals surface area contributed by atoms with Gasteiger partial charge in [0.2, 0.25) is 5.91 Å². The first-order chi connectivity index (χ1) is 9.66. The zero-order valence-corrected chi connectivity index (χ0v) is 12.4. The lowest BCUT2D eigenvalue weighted by Crippen LogP contribution is -2.40. The monoisotopic (exact) mass is 285 g/mol. The van der Waals surface area contributed by atoms with Gasteiger partial charge in [-0.25, -0.2) is 0 Å². The maximum Gasteiger partial charge on any atom is 0.307 e. The van der Waals surface area contributed by atoms with Crippen LogP contribution in [0, 0.1) is 11.8 Å². The number of carboxylic acid groups (broad SMARTS) is 1. The Morgan fingerprint density at radius 1 is 1.15 bits per heavy atom. The van der Waals surface area contributed by atoms with Gasteiger partial charge in [0.05, 0.1) is 11.8 Å². The fourth-order valence-corrected chi connectivity index (χ4v) is 2.61. The molecule has 2 atom stereocenters. The third-order valence-corrected chi connectivity index (χ3v) is 3.83. The maximum absolute atomic E-state index is 12.0. The van der Waals surface area contributed by atoms with Crippen molar-refractivity contribution in [1.29, 1.82) is 0 Å². The Bertz CT molecular complexity index is 306. The summed E-state index contributed by atoms with van der Waals surface area (Å²) >= 11 is 0. The van der Waals surface area contributed by atoms with Crippen LogP contribution in [0.3, 0.4) is 0 Å². The minimum atomic E-state index is -0.840. The highest BCUT2D eigenvalue weighted by Gasteiger charge is 2.35. The molecular formula is C15H27NO4. The Hall–Kier alpha value is -1.10. The van der Waals surface area contributed by atoms with E-state index in [-0.39, 0.29) is 11.8 Å². The molecule has 0 saturated heterocycles. The van der Waals surface area contributed by atoms with E-state index < -0.39 is 11.9 Å². The average molecular weight is 285 g/mol. The number of nitrogens with one attached hydrogen (secondary N) is 1. The van der Waals surface area contributed by atoms with Crippen molar-refractivity contribution in [2.75, 3.05) is 19.8 Å². The molecule has 116 valence electrons. The van der Waals surface area contributed by atoms with Gasteiger partial charge in [0, 0.05) is 19.8 Å². The summed E-state index contributed by atoms with van der Waals surface area (Å²) in [6, 6.07) is 0. The minimum Gasteiger partial charge on any atom is -0.481 e. The van der Waals surface area contributed by atoms with Gasteiger partial charge in [-0.3, -0.25) is 9.59 Å². The summed E-state index contributed by atoms with van der Waals surface area (Å²) in [5.41, 5.74) is 0. The molecule has 1 aliphatic rings. The van der Waals surface area contributed by atoms with Crippen LogP contribution >= 0.6 is 0 Å². The topological polar surface area (TPSA) is 75.6 Å². The average Bonchev–Trinajstić information content (AvgIpc) is 2.46. The summed E-state index contributed by atoms with van der Waals surface area (Å²) in [4.78, 5) is 23.2. The largest absolute Gasteiger partial charge is 0.481 e. The van der Waals surface area contributed by atoms with Crippen molar-refractivity contribution in [2.24, 2.45) is 11.8 Å². The van der Waals surface area contributed by atoms with Crippen LogP contribution in [-0.2, 0) is 14.3 Å². The van der Waals surface area contributed by atoms with Gasteiger partial charge in [-0.1, -0.05) is 26.2 Å². The molecule has 1 fully saturated rings. The number of carbonyl (C=O) groups is 2. The SMILES string of the molecule is CCCCOCCCNC(=O)[C@H]1CCCC[C@@H]1C(=O)O. The van der Waals surface area contributed by atoms with Crippen molar-refractivity contribution in [3.63, 3.8) is 0 Å². The number of aliphatic carboxylic acids is 1. The second-order valence-electron chi connectivity index (χ2n) is 5.45. The van der Waals surface area contributed by atoms with Crippen LogP contribution in [0.5, 0.6) is 0 Å². The third kappa shape index (κ3) is 5.90. The predicted molar refractivity (Wildman–Crippen MR) is 76.4 cm³/mol. The molecule has 5 heteroatoms. The van der Waals surface area contributed by atoms with E-state index >= 15 is 0 Å². The molecule has 0 aliphatic heterocycles. The van der Waals surface area contributed by atoms with Gasteiger partial charge in [0.25, 0.3) is 0 Å². The normalized spacial score (nSPS) is 22.4. The zero-order valence-electron chi connectivity index (χ0n) is 12.4. The van der Waals surface area contributed by atoms with Gasteiger partial charge in [-0.15, -0.1) is 0 Å². The molecule has 1 aliphatic carbocycles. The lowest BCUT2D eigenvalue weighted by Gasteiger charge is -2.27. The van der Waals surface area contributed by atoms with Crippen LogP contribution in [0.15, 0.2) is 0 Å². The number of unbranched alkanes of at least 4 members (excludes halogenated alkanes) is 1. The van der Waals surface area contributed by atoms with Crippen LogP contribution in [0.1, 0.15) is 51.9 Å². The number of carboxylic acids is 1. The van der Waals surface area contributed by atoms with E-state index in [0.29, 0.717) is 26.0 Å². The van der Waals surface area contributed by atoms with E-state index in [1.54, 1.807) is 0 Å². The van der Waals surface area contributed by atoms with Crippen LogP contribution in [0.25, 0.3) is 0 Å². The molecule has 0 aromatic rings. The number of amides is 1. The molecular weight excluding hydrogens is 258 g/mol. The molecule has 0 aromatic heterocycles. The van der Waals surface area contributed by atoms with E-state index in [1.165, 1.54) is 0 Å². The Morgan fingerprint density at radius 2 is 1.80 bits per heavy atom. The maximum atomic E-state index is 12.0. The second kappa shape index (κ2) is 9.75. The fraction of sp³-hybridized carbons (Fsp3) is 0.867. The van der Waals surface area contributed by atoms with E-state index in [9.17, 15) is 9.59 Å². The van der Waals surface area contributed by atoms with E-state index in [0.717, 1.165) is 38.7 Å². The number of hydrogen-bond donors (Lipinski definition) is 2. The van der Waals surface area contributed by atoms with Crippen LogP contribution in [0.2, 0.25) is 0 Å². The van der Waals surface area contributed by atoms with Crippen LogP contribution < -0.4 is 5.32 Å². The van der Waals surface area contributed by atoms with Gasteiger partial charge >= 0.3 is 5.97 Å². The van der Waals surface area contributed by atoms with Crippen molar-refractivity contribution in [3.05, 3.63) is 0 Å². The quantitative estimate of drug-likeness (QED) is 0.637. The van der Waals surface area contributed by atoms with Crippen molar-refractivity contribution >= 4 is 11.9 Å². The number of ether oxygens (including phenoxy) is 1. The molecule has 2 N–H and O–H groups in total. The molecule has 0 radical (unpaired) electrons. The molecule has 1 rings (SSSR count). The highest BCUT2D eigenvalue weighted by Crippen LogP contribution is 2.30. The van der Waals surface area contributed by atoms with Gasteiger partial charge in [0.15, 0.2) is 0 Å². The lowest BCUT2D eigenvalue weighted by molar-refractivity contribution is -0.148. The Kier molecular flexibility index (Phi) is 8.26. The molecule has 0 aromatic carbocycles. The van der Waals surface area contributed by atoms with E-state index in [4.69, 9.17) is 9.84 Å². The Morgan fingerprint density at radius 3 is 2.45 bits per heavy atom. The summed E-state index contributed by atoms with van der Waals surface area (Å²) in [6.45, 7) is 4.10. The Labute approximate surface area is 121 Å². The third-order valence-electron chi connectivity index (χ3n) is 3.83. The zero-order chi connectivity index (χ0) is 14.8. The molecule has 0 spiro atoms. The van der Waals surface area contributed by atoms with Crippen molar-refractivity contribution in [3.8, 4) is 0 Å². The van der Waals surface area contributed by atoms with Crippen molar-refractivity contribution in [1.82, 2.24) is 5.32 Å². The molecule has 5 nitrogen and oxygen atoms in total. The minimum absolute atomic E-state index is 0.106. The van der Waals surface area contributed by atoms with Crippen LogP contribution in [0.4, 0.5) is 0 Å².